The number of anilines is 1. The molecule has 0 aliphatic rings. The lowest BCUT2D eigenvalue weighted by Crippen LogP contribution is -2.34. The summed E-state index contributed by atoms with van der Waals surface area (Å²) in [6.45, 7) is 4.15. The third kappa shape index (κ3) is 2.48. The van der Waals surface area contributed by atoms with Crippen LogP contribution in [0.4, 0.5) is 10.1 Å². The van der Waals surface area contributed by atoms with Gasteiger partial charge in [0, 0.05) is 25.3 Å². The molecular formula is C12H19FN2. The number of nitrogens with zero attached hydrogens (tertiary/aromatic N) is 1. The fourth-order valence-electron chi connectivity index (χ4n) is 1.54. The maximum absolute atomic E-state index is 13.2. The van der Waals surface area contributed by atoms with Gasteiger partial charge >= 0.3 is 0 Å². The fourth-order valence-corrected chi connectivity index (χ4v) is 1.54. The first-order valence-corrected chi connectivity index (χ1v) is 5.05. The Morgan fingerprint density at radius 1 is 1.27 bits per heavy atom. The highest BCUT2D eigenvalue weighted by molar-refractivity contribution is 5.55. The maximum atomic E-state index is 13.2. The highest BCUT2D eigenvalue weighted by Gasteiger charge is 2.22. The van der Waals surface area contributed by atoms with Crippen molar-refractivity contribution in [2.24, 2.45) is 0 Å². The topological polar surface area (TPSA) is 15.3 Å². The van der Waals surface area contributed by atoms with Gasteiger partial charge in [-0.3, -0.25) is 0 Å². The van der Waals surface area contributed by atoms with Gasteiger partial charge in [-0.25, -0.2) is 4.39 Å². The molecule has 3 heteroatoms. The minimum atomic E-state index is -0.200. The van der Waals surface area contributed by atoms with Gasteiger partial charge < -0.3 is 10.2 Å². The minimum Gasteiger partial charge on any atom is -0.377 e. The van der Waals surface area contributed by atoms with Crippen LogP contribution in [0.25, 0.3) is 0 Å². The molecule has 0 unspecified atom stereocenters. The summed E-state index contributed by atoms with van der Waals surface area (Å²) in [5.74, 6) is -0.200. The Bertz CT molecular complexity index is 345. The van der Waals surface area contributed by atoms with Gasteiger partial charge in [-0.15, -0.1) is 0 Å². The number of rotatable bonds is 3. The van der Waals surface area contributed by atoms with Gasteiger partial charge in [0.05, 0.1) is 0 Å². The van der Waals surface area contributed by atoms with Gasteiger partial charge in [0.15, 0.2) is 0 Å². The molecule has 0 atom stereocenters. The second kappa shape index (κ2) is 4.19. The van der Waals surface area contributed by atoms with Crippen molar-refractivity contribution in [3.05, 3.63) is 29.6 Å². The van der Waals surface area contributed by atoms with Crippen LogP contribution in [-0.2, 0) is 5.54 Å². The van der Waals surface area contributed by atoms with Crippen LogP contribution in [0.15, 0.2) is 18.2 Å². The monoisotopic (exact) mass is 210 g/mol. The van der Waals surface area contributed by atoms with Gasteiger partial charge in [-0.1, -0.05) is 6.07 Å². The van der Waals surface area contributed by atoms with Crippen molar-refractivity contribution < 1.29 is 4.39 Å². The van der Waals surface area contributed by atoms with E-state index in [0.29, 0.717) is 0 Å². The van der Waals surface area contributed by atoms with Gasteiger partial charge in [-0.2, -0.15) is 0 Å². The molecule has 1 aromatic rings. The average molecular weight is 210 g/mol. The molecule has 0 bridgehead atoms. The molecule has 2 nitrogen and oxygen atoms in total. The van der Waals surface area contributed by atoms with Crippen molar-refractivity contribution in [1.29, 1.82) is 0 Å². The van der Waals surface area contributed by atoms with E-state index >= 15 is 0 Å². The second-order valence-corrected chi connectivity index (χ2v) is 4.43. The van der Waals surface area contributed by atoms with E-state index in [0.717, 1.165) is 11.3 Å². The number of hydrogen-bond acceptors (Lipinski definition) is 2. The third-order valence-corrected chi connectivity index (χ3v) is 2.74. The number of halogens is 1. The first-order chi connectivity index (χ1) is 6.88. The van der Waals surface area contributed by atoms with E-state index in [9.17, 15) is 4.39 Å². The molecule has 0 saturated heterocycles. The maximum Gasteiger partial charge on any atom is 0.125 e. The van der Waals surface area contributed by atoms with Crippen LogP contribution in [0.2, 0.25) is 0 Å². The molecule has 0 aliphatic carbocycles. The molecule has 0 spiro atoms. The fraction of sp³-hybridized carbons (Fsp3) is 0.500. The smallest absolute Gasteiger partial charge is 0.125 e. The summed E-state index contributed by atoms with van der Waals surface area (Å²) in [6.07, 6.45) is 0. The summed E-state index contributed by atoms with van der Waals surface area (Å²) in [4.78, 5) is 1.93. The largest absolute Gasteiger partial charge is 0.377 e. The lowest BCUT2D eigenvalue weighted by atomic mass is 9.92. The van der Waals surface area contributed by atoms with Crippen LogP contribution in [0, 0.1) is 5.82 Å². The van der Waals surface area contributed by atoms with E-state index in [-0.39, 0.29) is 11.4 Å². The Hall–Kier alpha value is -1.09. The molecule has 0 aliphatic heterocycles. The normalized spacial score (nSPS) is 11.6. The summed E-state index contributed by atoms with van der Waals surface area (Å²) >= 11 is 0. The van der Waals surface area contributed by atoms with Crippen molar-refractivity contribution in [1.82, 2.24) is 5.32 Å². The summed E-state index contributed by atoms with van der Waals surface area (Å²) in [7, 11) is 5.75. The van der Waals surface area contributed by atoms with Crippen molar-refractivity contribution in [2.45, 2.75) is 19.4 Å². The third-order valence-electron chi connectivity index (χ3n) is 2.74. The van der Waals surface area contributed by atoms with E-state index in [2.05, 4.69) is 19.2 Å². The van der Waals surface area contributed by atoms with Gasteiger partial charge in [-0.05, 0) is 38.6 Å². The molecule has 0 aromatic heterocycles. The van der Waals surface area contributed by atoms with E-state index in [4.69, 9.17) is 0 Å². The Morgan fingerprint density at radius 2 is 1.87 bits per heavy atom. The second-order valence-electron chi connectivity index (χ2n) is 4.43. The van der Waals surface area contributed by atoms with Crippen LogP contribution in [0.3, 0.4) is 0 Å². The summed E-state index contributed by atoms with van der Waals surface area (Å²) < 4.78 is 13.2. The van der Waals surface area contributed by atoms with Gasteiger partial charge in [0.25, 0.3) is 0 Å². The molecule has 1 rings (SSSR count). The molecule has 0 amide bonds. The minimum absolute atomic E-state index is 0.159. The summed E-state index contributed by atoms with van der Waals surface area (Å²) in [5.41, 5.74) is 1.85. The molecule has 1 N–H and O–H groups in total. The highest BCUT2D eigenvalue weighted by atomic mass is 19.1. The van der Waals surface area contributed by atoms with E-state index in [1.54, 1.807) is 6.07 Å². The van der Waals surface area contributed by atoms with Crippen LogP contribution >= 0.6 is 0 Å². The Morgan fingerprint density at radius 3 is 2.33 bits per heavy atom. The van der Waals surface area contributed by atoms with Crippen molar-refractivity contribution >= 4 is 5.69 Å². The van der Waals surface area contributed by atoms with Crippen molar-refractivity contribution in [2.75, 3.05) is 26.0 Å². The average Bonchev–Trinajstić information content (AvgIpc) is 2.17. The predicted molar refractivity (Wildman–Crippen MR) is 62.8 cm³/mol. The molecule has 0 saturated carbocycles. The van der Waals surface area contributed by atoms with E-state index in [1.807, 2.05) is 32.1 Å². The zero-order valence-electron chi connectivity index (χ0n) is 10.1. The molecule has 0 heterocycles. The molecular weight excluding hydrogens is 191 g/mol. The first-order valence-electron chi connectivity index (χ1n) is 5.05. The van der Waals surface area contributed by atoms with Gasteiger partial charge in [0.1, 0.15) is 5.82 Å². The Kier molecular flexibility index (Phi) is 3.35. The Balaban J connectivity index is 3.29. The zero-order chi connectivity index (χ0) is 11.6. The van der Waals surface area contributed by atoms with E-state index < -0.39 is 0 Å². The summed E-state index contributed by atoms with van der Waals surface area (Å²) in [6, 6.07) is 4.90. The number of nitrogens with one attached hydrogen (secondary N) is 1. The van der Waals surface area contributed by atoms with Crippen molar-refractivity contribution in [3.8, 4) is 0 Å². The molecule has 15 heavy (non-hydrogen) atoms. The van der Waals surface area contributed by atoms with Crippen LogP contribution in [0.1, 0.15) is 19.4 Å². The molecule has 0 fully saturated rings. The predicted octanol–water partition coefficient (Wildman–Crippen LogP) is 2.35. The van der Waals surface area contributed by atoms with Crippen LogP contribution < -0.4 is 10.2 Å². The lowest BCUT2D eigenvalue weighted by Gasteiger charge is -2.29. The summed E-state index contributed by atoms with van der Waals surface area (Å²) in [5, 5.41) is 3.22. The number of hydrogen-bond donors (Lipinski definition) is 1. The molecule has 84 valence electrons. The standard InChI is InChI=1S/C12H19FN2/c1-12(2,14-3)10-7-6-9(13)8-11(10)15(4)5/h6-8,14H,1-5H3. The zero-order valence-corrected chi connectivity index (χ0v) is 10.1. The highest BCUT2D eigenvalue weighted by Crippen LogP contribution is 2.29. The SMILES string of the molecule is CNC(C)(C)c1ccc(F)cc1N(C)C. The molecule has 1 aromatic carbocycles. The molecule has 0 radical (unpaired) electrons. The van der Waals surface area contributed by atoms with Crippen LogP contribution in [0.5, 0.6) is 0 Å². The first kappa shape index (κ1) is 12.0. The van der Waals surface area contributed by atoms with Crippen molar-refractivity contribution in [3.63, 3.8) is 0 Å². The Labute approximate surface area is 91.1 Å². The lowest BCUT2D eigenvalue weighted by molar-refractivity contribution is 0.444. The quantitative estimate of drug-likeness (QED) is 0.823. The number of benzene rings is 1. The van der Waals surface area contributed by atoms with Gasteiger partial charge in [0.2, 0.25) is 0 Å². The van der Waals surface area contributed by atoms with E-state index in [1.165, 1.54) is 6.07 Å². The van der Waals surface area contributed by atoms with Crippen LogP contribution in [-0.4, -0.2) is 21.1 Å².